The van der Waals surface area contributed by atoms with Crippen LogP contribution in [0.15, 0.2) is 12.3 Å². The summed E-state index contributed by atoms with van der Waals surface area (Å²) in [5.74, 6) is 0.172. The first kappa shape index (κ1) is 7.60. The Kier molecular flexibility index (Phi) is 2.74. The highest BCUT2D eigenvalue weighted by Crippen LogP contribution is 2.04. The average molecular weight is 161 g/mol. The zero-order chi connectivity index (χ0) is 7.40. The van der Waals surface area contributed by atoms with Gasteiger partial charge in [-0.05, 0) is 19.0 Å². The highest BCUT2D eigenvalue weighted by molar-refractivity contribution is 7.72. The quantitative estimate of drug-likeness (QED) is 0.586. The third-order valence-electron chi connectivity index (χ3n) is 1.43. The normalized spacial score (nSPS) is 18.3. The molecular weight excluding hydrogens is 150 g/mol. The van der Waals surface area contributed by atoms with E-state index in [1.165, 1.54) is 0 Å². The molecule has 1 aliphatic rings. The predicted octanol–water partition coefficient (Wildman–Crippen LogP) is 0.165. The van der Waals surface area contributed by atoms with Crippen LogP contribution in [0.3, 0.4) is 0 Å². The highest BCUT2D eigenvalue weighted by Gasteiger charge is 2.02. The van der Waals surface area contributed by atoms with Gasteiger partial charge in [0.2, 0.25) is 0 Å². The van der Waals surface area contributed by atoms with E-state index in [1.807, 2.05) is 17.2 Å². The van der Waals surface area contributed by atoms with Crippen molar-refractivity contribution in [2.45, 2.75) is 12.8 Å². The molecular formula is C6H11NO2S. The van der Waals surface area contributed by atoms with Crippen molar-refractivity contribution in [3.05, 3.63) is 12.3 Å². The van der Waals surface area contributed by atoms with Crippen LogP contribution in [0.4, 0.5) is 0 Å². The zero-order valence-corrected chi connectivity index (χ0v) is 6.59. The van der Waals surface area contributed by atoms with E-state index in [4.69, 9.17) is 0 Å². The Bertz CT molecular complexity index is 190. The minimum absolute atomic E-state index is 0.172. The Balaban J connectivity index is 2.40. The Labute approximate surface area is 62.3 Å². The fourth-order valence-corrected chi connectivity index (χ4v) is 1.51. The number of nitrogens with zero attached hydrogens (tertiary/aromatic N) is 1. The molecule has 0 N–H and O–H groups in total. The monoisotopic (exact) mass is 161 g/mol. The van der Waals surface area contributed by atoms with Gasteiger partial charge in [0.25, 0.3) is 0 Å². The van der Waals surface area contributed by atoms with Gasteiger partial charge in [-0.3, -0.25) is 0 Å². The Morgan fingerprint density at radius 2 is 2.30 bits per heavy atom. The largest absolute Gasteiger partial charge is 0.364 e. The van der Waals surface area contributed by atoms with E-state index in [1.54, 1.807) is 0 Å². The third kappa shape index (κ3) is 2.39. The standard InChI is InChI=1S/C6H11NO2S/c8-10(9)6-7-4-2-1-3-5-7/h2,4,10H,1,3,5-6H2. The van der Waals surface area contributed by atoms with Crippen LogP contribution >= 0.6 is 0 Å². The third-order valence-corrected chi connectivity index (χ3v) is 2.02. The van der Waals surface area contributed by atoms with Crippen molar-refractivity contribution in [3.8, 4) is 0 Å². The van der Waals surface area contributed by atoms with Gasteiger partial charge in [0.05, 0.1) is 0 Å². The number of allylic oxidation sites excluding steroid dienone is 1. The van der Waals surface area contributed by atoms with Crippen LogP contribution in [0, 0.1) is 0 Å². The number of hydrogen-bond donors (Lipinski definition) is 1. The summed E-state index contributed by atoms with van der Waals surface area (Å²) in [6.07, 6.45) is 6.00. The lowest BCUT2D eigenvalue weighted by Gasteiger charge is -2.19. The second kappa shape index (κ2) is 3.61. The molecule has 0 amide bonds. The molecule has 0 radical (unpaired) electrons. The molecule has 0 unspecified atom stereocenters. The molecule has 0 aromatic carbocycles. The van der Waals surface area contributed by atoms with Crippen molar-refractivity contribution in [2.24, 2.45) is 0 Å². The van der Waals surface area contributed by atoms with Crippen LogP contribution in [0.25, 0.3) is 0 Å². The minimum atomic E-state index is -2.25. The second-order valence-corrected chi connectivity index (χ2v) is 3.26. The predicted molar refractivity (Wildman–Crippen MR) is 40.3 cm³/mol. The van der Waals surface area contributed by atoms with E-state index in [2.05, 4.69) is 0 Å². The Hall–Kier alpha value is -0.510. The first-order valence-corrected chi connectivity index (χ1v) is 4.68. The SMILES string of the molecule is O=[SH](=O)CN1C=CCCC1. The molecule has 0 fully saturated rings. The molecule has 0 aromatic heterocycles. The molecule has 4 heteroatoms. The average Bonchev–Trinajstić information content (AvgIpc) is 1.88. The summed E-state index contributed by atoms with van der Waals surface area (Å²) < 4.78 is 20.5. The van der Waals surface area contributed by atoms with E-state index in [-0.39, 0.29) is 5.88 Å². The lowest BCUT2D eigenvalue weighted by atomic mass is 10.2. The van der Waals surface area contributed by atoms with Crippen molar-refractivity contribution in [3.63, 3.8) is 0 Å². The molecule has 0 aromatic rings. The summed E-state index contributed by atoms with van der Waals surface area (Å²) in [6.45, 7) is 0.875. The van der Waals surface area contributed by atoms with Crippen molar-refractivity contribution in [1.82, 2.24) is 4.90 Å². The van der Waals surface area contributed by atoms with Crippen molar-refractivity contribution < 1.29 is 8.42 Å². The van der Waals surface area contributed by atoms with Gasteiger partial charge >= 0.3 is 0 Å². The molecule has 0 bridgehead atoms. The molecule has 0 atom stereocenters. The summed E-state index contributed by atoms with van der Waals surface area (Å²) in [5, 5.41) is 0. The molecule has 1 rings (SSSR count). The van der Waals surface area contributed by atoms with Gasteiger partial charge in [0, 0.05) is 6.54 Å². The highest BCUT2D eigenvalue weighted by atomic mass is 32.2. The van der Waals surface area contributed by atoms with Crippen LogP contribution in [0.2, 0.25) is 0 Å². The first-order chi connectivity index (χ1) is 4.79. The lowest BCUT2D eigenvalue weighted by molar-refractivity contribution is 0.402. The van der Waals surface area contributed by atoms with E-state index < -0.39 is 10.7 Å². The molecule has 0 spiro atoms. The van der Waals surface area contributed by atoms with E-state index in [9.17, 15) is 8.42 Å². The van der Waals surface area contributed by atoms with E-state index >= 15 is 0 Å². The van der Waals surface area contributed by atoms with Gasteiger partial charge in [0.1, 0.15) is 5.88 Å². The second-order valence-electron chi connectivity index (χ2n) is 2.31. The number of hydrogen-bond acceptors (Lipinski definition) is 3. The van der Waals surface area contributed by atoms with Crippen molar-refractivity contribution >= 4 is 10.7 Å². The van der Waals surface area contributed by atoms with Gasteiger partial charge in [-0.15, -0.1) is 0 Å². The smallest absolute Gasteiger partial charge is 0.158 e. The van der Waals surface area contributed by atoms with Crippen molar-refractivity contribution in [2.75, 3.05) is 12.4 Å². The number of thiol groups is 1. The summed E-state index contributed by atoms with van der Waals surface area (Å²) in [5.41, 5.74) is 0. The summed E-state index contributed by atoms with van der Waals surface area (Å²) in [7, 11) is -2.25. The molecule has 0 saturated carbocycles. The summed E-state index contributed by atoms with van der Waals surface area (Å²) in [4.78, 5) is 1.81. The zero-order valence-electron chi connectivity index (χ0n) is 5.69. The fourth-order valence-electron chi connectivity index (χ4n) is 0.977. The van der Waals surface area contributed by atoms with Gasteiger partial charge in [-0.2, -0.15) is 0 Å². The van der Waals surface area contributed by atoms with E-state index in [0.717, 1.165) is 19.4 Å². The molecule has 58 valence electrons. The molecule has 1 aliphatic heterocycles. The molecule has 1 heterocycles. The van der Waals surface area contributed by atoms with E-state index in [0.29, 0.717) is 0 Å². The number of rotatable bonds is 2. The van der Waals surface area contributed by atoms with Gasteiger partial charge < -0.3 is 4.90 Å². The van der Waals surface area contributed by atoms with Gasteiger partial charge in [-0.1, -0.05) is 6.08 Å². The Morgan fingerprint density at radius 1 is 1.50 bits per heavy atom. The van der Waals surface area contributed by atoms with Crippen LogP contribution in [0.5, 0.6) is 0 Å². The minimum Gasteiger partial charge on any atom is -0.364 e. The van der Waals surface area contributed by atoms with Crippen LogP contribution in [-0.2, 0) is 10.7 Å². The van der Waals surface area contributed by atoms with Gasteiger partial charge in [-0.25, -0.2) is 8.42 Å². The van der Waals surface area contributed by atoms with Gasteiger partial charge in [0.15, 0.2) is 10.7 Å². The maximum Gasteiger partial charge on any atom is 0.158 e. The lowest BCUT2D eigenvalue weighted by Crippen LogP contribution is -2.22. The molecule has 10 heavy (non-hydrogen) atoms. The molecule has 0 saturated heterocycles. The fraction of sp³-hybridized carbons (Fsp3) is 0.667. The van der Waals surface area contributed by atoms with Crippen LogP contribution in [0.1, 0.15) is 12.8 Å². The summed E-state index contributed by atoms with van der Waals surface area (Å²) >= 11 is 0. The maximum atomic E-state index is 10.2. The Morgan fingerprint density at radius 3 is 2.80 bits per heavy atom. The van der Waals surface area contributed by atoms with Crippen LogP contribution in [-0.4, -0.2) is 25.7 Å². The molecule has 0 aliphatic carbocycles. The maximum absolute atomic E-state index is 10.2. The topological polar surface area (TPSA) is 37.4 Å². The summed E-state index contributed by atoms with van der Waals surface area (Å²) in [6, 6.07) is 0. The first-order valence-electron chi connectivity index (χ1n) is 3.31. The molecule has 3 nitrogen and oxygen atoms in total. The van der Waals surface area contributed by atoms with Crippen LogP contribution < -0.4 is 0 Å². The van der Waals surface area contributed by atoms with Crippen molar-refractivity contribution in [1.29, 1.82) is 0 Å².